The van der Waals surface area contributed by atoms with Crippen molar-refractivity contribution in [3.8, 4) is 0 Å². The summed E-state index contributed by atoms with van der Waals surface area (Å²) in [6, 6.07) is 0. The maximum atomic E-state index is 10.5. The second-order valence-corrected chi connectivity index (χ2v) is 5.53. The minimum atomic E-state index is -0.934. The summed E-state index contributed by atoms with van der Waals surface area (Å²) in [5.74, 6) is -1.26. The predicted octanol–water partition coefficient (Wildman–Crippen LogP) is 4.24. The van der Waals surface area contributed by atoms with Crippen LogP contribution in [-0.4, -0.2) is 5.97 Å². The van der Waals surface area contributed by atoms with Gasteiger partial charge in [0, 0.05) is 5.97 Å². The first-order valence-electron chi connectivity index (χ1n) is 8.04. The van der Waals surface area contributed by atoms with Crippen LogP contribution < -0.4 is 5.11 Å². The van der Waals surface area contributed by atoms with Crippen molar-refractivity contribution in [2.45, 2.75) is 84.5 Å². The number of carbonyl (C=O) groups excluding carboxylic acids is 1. The van der Waals surface area contributed by atoms with Crippen molar-refractivity contribution < 1.29 is 9.90 Å². The first-order valence-corrected chi connectivity index (χ1v) is 8.04. The third-order valence-corrected chi connectivity index (χ3v) is 3.56. The van der Waals surface area contributed by atoms with Gasteiger partial charge >= 0.3 is 0 Å². The van der Waals surface area contributed by atoms with E-state index in [0.717, 1.165) is 12.8 Å². The minimum absolute atomic E-state index is 0.326. The number of hydrogen-bond acceptors (Lipinski definition) is 2. The van der Waals surface area contributed by atoms with E-state index in [9.17, 15) is 9.90 Å². The first-order chi connectivity index (χ1) is 9.18. The van der Waals surface area contributed by atoms with Gasteiger partial charge < -0.3 is 9.90 Å². The molecule has 0 bridgehead atoms. The number of hydrogen-bond donors (Lipinski definition) is 0. The largest absolute Gasteiger partial charge is 0.550 e. The lowest BCUT2D eigenvalue weighted by Crippen LogP contribution is -2.29. The molecule has 0 amide bonds. The number of rotatable bonds is 13. The Labute approximate surface area is 119 Å². The van der Waals surface area contributed by atoms with E-state index < -0.39 is 5.97 Å². The van der Waals surface area contributed by atoms with Crippen molar-refractivity contribution >= 4 is 5.97 Å². The summed E-state index contributed by atoms with van der Waals surface area (Å²) in [5.41, 5.74) is 0. The highest BCUT2D eigenvalue weighted by Gasteiger charge is 1.99. The number of aliphatic carboxylic acids is 1. The lowest BCUT2D eigenvalue weighted by molar-refractivity contribution is -0.311. The zero-order valence-electron chi connectivity index (χ0n) is 12.8. The van der Waals surface area contributed by atoms with Gasteiger partial charge in [-0.15, -0.1) is 0 Å². The Morgan fingerprint density at radius 2 is 1.47 bits per heavy atom. The molecule has 0 rings (SSSR count). The van der Waals surface area contributed by atoms with E-state index >= 15 is 0 Å². The van der Waals surface area contributed by atoms with Crippen LogP contribution >= 0.6 is 0 Å². The molecule has 0 heterocycles. The highest BCUT2D eigenvalue weighted by molar-refractivity contribution is 5.66. The van der Waals surface area contributed by atoms with Crippen molar-refractivity contribution in [3.05, 3.63) is 12.2 Å². The van der Waals surface area contributed by atoms with Crippen LogP contribution in [0.4, 0.5) is 0 Å². The van der Waals surface area contributed by atoms with E-state index in [0.29, 0.717) is 6.42 Å². The van der Waals surface area contributed by atoms with Crippen molar-refractivity contribution in [2.24, 2.45) is 5.92 Å². The first kappa shape index (κ1) is 18.2. The van der Waals surface area contributed by atoms with Gasteiger partial charge in [0.15, 0.2) is 0 Å². The highest BCUT2D eigenvalue weighted by atomic mass is 16.4. The molecular weight excluding hydrogens is 236 g/mol. The summed E-state index contributed by atoms with van der Waals surface area (Å²) < 4.78 is 0. The summed E-state index contributed by atoms with van der Waals surface area (Å²) in [6.07, 6.45) is 17.8. The van der Waals surface area contributed by atoms with Gasteiger partial charge in [0.25, 0.3) is 0 Å². The van der Waals surface area contributed by atoms with Crippen LogP contribution in [0.15, 0.2) is 12.2 Å². The zero-order valence-corrected chi connectivity index (χ0v) is 12.8. The lowest BCUT2D eigenvalue weighted by atomic mass is 10.1. The number of allylic oxidation sites excluding steroid dienone is 2. The molecule has 112 valence electrons. The molecule has 0 aliphatic carbocycles. The normalized spacial score (nSPS) is 12.9. The number of carboxylic acids is 1. The molecule has 2 nitrogen and oxygen atoms in total. The van der Waals surface area contributed by atoms with Crippen molar-refractivity contribution in [2.75, 3.05) is 0 Å². The fourth-order valence-corrected chi connectivity index (χ4v) is 2.10. The van der Waals surface area contributed by atoms with Crippen LogP contribution in [-0.2, 0) is 4.79 Å². The van der Waals surface area contributed by atoms with Crippen LogP contribution in [0.3, 0.4) is 0 Å². The molecule has 0 fully saturated rings. The standard InChI is InChI=1S/C17H32O2/c1-3-4-5-6-7-8-9-10-11-12-13-14-15-16(2)17(18)19/h12-13,16H,3-11,14-15H2,1-2H3,(H,18,19)/p-1/b13-12+. The van der Waals surface area contributed by atoms with Crippen LogP contribution in [0.2, 0.25) is 0 Å². The Morgan fingerprint density at radius 3 is 2.05 bits per heavy atom. The molecule has 0 saturated carbocycles. The Bertz CT molecular complexity index is 233. The van der Waals surface area contributed by atoms with E-state index in [2.05, 4.69) is 19.1 Å². The molecular formula is C17H31O2-. The van der Waals surface area contributed by atoms with Gasteiger partial charge in [-0.2, -0.15) is 0 Å². The predicted molar refractivity (Wildman–Crippen MR) is 79.8 cm³/mol. The van der Waals surface area contributed by atoms with E-state index in [1.807, 2.05) is 0 Å². The van der Waals surface area contributed by atoms with Gasteiger partial charge in [-0.3, -0.25) is 0 Å². The van der Waals surface area contributed by atoms with E-state index in [-0.39, 0.29) is 5.92 Å². The van der Waals surface area contributed by atoms with Gasteiger partial charge in [0.05, 0.1) is 0 Å². The average molecular weight is 267 g/mol. The summed E-state index contributed by atoms with van der Waals surface area (Å²) in [7, 11) is 0. The molecule has 0 aromatic heterocycles. The second kappa shape index (κ2) is 13.6. The Hall–Kier alpha value is -0.790. The van der Waals surface area contributed by atoms with Crippen LogP contribution in [0.1, 0.15) is 84.5 Å². The highest BCUT2D eigenvalue weighted by Crippen LogP contribution is 2.10. The summed E-state index contributed by atoms with van der Waals surface area (Å²) in [6.45, 7) is 3.96. The van der Waals surface area contributed by atoms with E-state index in [4.69, 9.17) is 0 Å². The lowest BCUT2D eigenvalue weighted by Gasteiger charge is -2.09. The second-order valence-electron chi connectivity index (χ2n) is 5.53. The van der Waals surface area contributed by atoms with Crippen LogP contribution in [0.5, 0.6) is 0 Å². The van der Waals surface area contributed by atoms with Crippen molar-refractivity contribution in [1.82, 2.24) is 0 Å². The number of unbranched alkanes of at least 4 members (excludes halogenated alkanes) is 8. The molecule has 2 heteroatoms. The van der Waals surface area contributed by atoms with Gasteiger partial charge in [0.2, 0.25) is 0 Å². The quantitative estimate of drug-likeness (QED) is 0.370. The third kappa shape index (κ3) is 13.4. The fourth-order valence-electron chi connectivity index (χ4n) is 2.10. The Balaban J connectivity index is 3.19. The monoisotopic (exact) mass is 267 g/mol. The maximum Gasteiger partial charge on any atom is 0.0442 e. The van der Waals surface area contributed by atoms with Crippen molar-refractivity contribution in [3.63, 3.8) is 0 Å². The van der Waals surface area contributed by atoms with Gasteiger partial charge in [0.1, 0.15) is 0 Å². The maximum absolute atomic E-state index is 10.5. The molecule has 1 atom stereocenters. The van der Waals surface area contributed by atoms with Gasteiger partial charge in [-0.1, -0.05) is 70.9 Å². The topological polar surface area (TPSA) is 40.1 Å². The summed E-state index contributed by atoms with van der Waals surface area (Å²) >= 11 is 0. The molecule has 0 radical (unpaired) electrons. The summed E-state index contributed by atoms with van der Waals surface area (Å²) in [4.78, 5) is 10.5. The van der Waals surface area contributed by atoms with Gasteiger partial charge in [-0.25, -0.2) is 0 Å². The smallest absolute Gasteiger partial charge is 0.0442 e. The average Bonchev–Trinajstić information content (AvgIpc) is 2.39. The molecule has 0 aliphatic rings. The SMILES string of the molecule is CCCCCCCCCC/C=C/CCC(C)C(=O)[O-]. The molecule has 0 spiro atoms. The molecule has 0 aliphatic heterocycles. The van der Waals surface area contributed by atoms with Crippen LogP contribution in [0.25, 0.3) is 0 Å². The molecule has 1 unspecified atom stereocenters. The van der Waals surface area contributed by atoms with Crippen molar-refractivity contribution in [1.29, 1.82) is 0 Å². The fraction of sp³-hybridized carbons (Fsp3) is 0.824. The molecule has 0 aromatic carbocycles. The van der Waals surface area contributed by atoms with Gasteiger partial charge in [-0.05, 0) is 31.6 Å². The Kier molecular flexibility index (Phi) is 13.1. The van der Waals surface area contributed by atoms with E-state index in [1.165, 1.54) is 51.4 Å². The molecule has 19 heavy (non-hydrogen) atoms. The molecule has 0 N–H and O–H groups in total. The minimum Gasteiger partial charge on any atom is -0.550 e. The number of carbonyl (C=O) groups is 1. The molecule has 0 saturated heterocycles. The number of carboxylic acid groups (broad SMARTS) is 1. The van der Waals surface area contributed by atoms with Crippen LogP contribution in [0, 0.1) is 5.92 Å². The zero-order chi connectivity index (χ0) is 14.3. The summed E-state index contributed by atoms with van der Waals surface area (Å²) in [5, 5.41) is 10.5. The third-order valence-electron chi connectivity index (χ3n) is 3.56. The van der Waals surface area contributed by atoms with E-state index in [1.54, 1.807) is 6.92 Å². The Morgan fingerprint density at radius 1 is 0.947 bits per heavy atom. The molecule has 0 aromatic rings.